The zero-order chi connectivity index (χ0) is 33.8. The maximum atomic E-state index is 10.5. The molecule has 2 aromatic heterocycles. The fraction of sp³-hybridized carbons (Fsp3) is 0. The summed E-state index contributed by atoms with van der Waals surface area (Å²) in [6.07, 6.45) is 0. The second-order valence-electron chi connectivity index (χ2n) is 12.3. The summed E-state index contributed by atoms with van der Waals surface area (Å²) in [5.74, 6) is 0. The summed E-state index contributed by atoms with van der Waals surface area (Å²) in [6.45, 7) is 0. The van der Waals surface area contributed by atoms with Gasteiger partial charge in [-0.1, -0.05) is 78.9 Å². The second-order valence-corrected chi connectivity index (χ2v) is 12.3. The molecule has 2 heterocycles. The standard InChI is InChI=1S/C45H25N5/c46-26-29-16-20-44-39(22-29)40-23-30(27-47)17-21-45(40)50(44)41-13-4-1-10-36(41)32-9-7-8-31(24-32)35-19-18-34(25-33(35)28-48)49-42-14-5-2-11-37(42)38-12-3-6-15-43(38)49/h1-25H. The quantitative estimate of drug-likeness (QED) is 0.193. The van der Waals surface area contributed by atoms with Gasteiger partial charge >= 0.3 is 0 Å². The van der Waals surface area contributed by atoms with Crippen molar-refractivity contribution < 1.29 is 0 Å². The zero-order valence-corrected chi connectivity index (χ0v) is 26.7. The maximum Gasteiger partial charge on any atom is 0.0998 e. The van der Waals surface area contributed by atoms with E-state index in [0.29, 0.717) is 16.7 Å². The van der Waals surface area contributed by atoms with Crippen LogP contribution >= 0.6 is 0 Å². The normalized spacial score (nSPS) is 11.1. The molecule has 0 unspecified atom stereocenters. The Kier molecular flexibility index (Phi) is 6.56. The van der Waals surface area contributed by atoms with Gasteiger partial charge in [-0.2, -0.15) is 15.8 Å². The van der Waals surface area contributed by atoms with Gasteiger partial charge < -0.3 is 9.13 Å². The molecule has 0 saturated carbocycles. The second kappa shape index (κ2) is 11.4. The Labute approximate surface area is 287 Å². The molecule has 9 rings (SSSR count). The van der Waals surface area contributed by atoms with Crippen LogP contribution in [0.3, 0.4) is 0 Å². The van der Waals surface area contributed by atoms with Crippen LogP contribution < -0.4 is 0 Å². The molecule has 230 valence electrons. The van der Waals surface area contributed by atoms with Crippen LogP contribution in [0.15, 0.2) is 152 Å². The van der Waals surface area contributed by atoms with Crippen LogP contribution in [0.5, 0.6) is 0 Å². The third kappa shape index (κ3) is 4.38. The van der Waals surface area contributed by atoms with Crippen LogP contribution in [0.1, 0.15) is 16.7 Å². The highest BCUT2D eigenvalue weighted by molar-refractivity contribution is 6.11. The molecule has 0 spiro atoms. The van der Waals surface area contributed by atoms with E-state index in [4.69, 9.17) is 0 Å². The first-order chi connectivity index (χ1) is 24.7. The van der Waals surface area contributed by atoms with E-state index in [1.807, 2.05) is 72.8 Å². The molecule has 5 heteroatoms. The number of rotatable bonds is 4. The predicted molar refractivity (Wildman–Crippen MR) is 200 cm³/mol. The van der Waals surface area contributed by atoms with E-state index < -0.39 is 0 Å². The largest absolute Gasteiger partial charge is 0.309 e. The maximum absolute atomic E-state index is 10.5. The molecular weight excluding hydrogens is 611 g/mol. The van der Waals surface area contributed by atoms with Crippen LogP contribution in [0.25, 0.3) is 77.2 Å². The molecule has 0 saturated heterocycles. The highest BCUT2D eigenvalue weighted by Gasteiger charge is 2.18. The Morgan fingerprint density at radius 2 is 0.940 bits per heavy atom. The van der Waals surface area contributed by atoms with Crippen molar-refractivity contribution in [3.63, 3.8) is 0 Å². The van der Waals surface area contributed by atoms with Crippen LogP contribution in [-0.2, 0) is 0 Å². The average molecular weight is 636 g/mol. The molecule has 0 radical (unpaired) electrons. The van der Waals surface area contributed by atoms with Gasteiger partial charge in [-0.25, -0.2) is 0 Å². The summed E-state index contributed by atoms with van der Waals surface area (Å²) in [6, 6.07) is 57.9. The SMILES string of the molecule is N#Cc1ccc2c(c1)c1cc(C#N)ccc1n2-c1ccccc1-c1cccc(-c2ccc(-n3c4ccccc4c4ccccc43)cc2C#N)c1. The molecular formula is C45H25N5. The van der Waals surface area contributed by atoms with E-state index in [2.05, 4.69) is 106 Å². The molecule has 7 aromatic carbocycles. The van der Waals surface area contributed by atoms with Crippen molar-refractivity contribution >= 4 is 43.6 Å². The third-order valence-electron chi connectivity index (χ3n) is 9.61. The Bertz CT molecular complexity index is 2850. The molecule has 9 aromatic rings. The number of para-hydroxylation sites is 3. The number of benzene rings is 7. The van der Waals surface area contributed by atoms with Crippen molar-refractivity contribution in [3.05, 3.63) is 168 Å². The van der Waals surface area contributed by atoms with E-state index in [-0.39, 0.29) is 0 Å². The van der Waals surface area contributed by atoms with Crippen molar-refractivity contribution in [2.24, 2.45) is 0 Å². The molecule has 5 nitrogen and oxygen atoms in total. The first kappa shape index (κ1) is 28.8. The number of hydrogen-bond acceptors (Lipinski definition) is 3. The lowest BCUT2D eigenvalue weighted by Crippen LogP contribution is -1.98. The van der Waals surface area contributed by atoms with Crippen LogP contribution in [-0.4, -0.2) is 9.13 Å². The summed E-state index contributed by atoms with van der Waals surface area (Å²) in [7, 11) is 0. The summed E-state index contributed by atoms with van der Waals surface area (Å²) in [5.41, 5.74) is 11.6. The molecule has 0 aliphatic heterocycles. The molecule has 0 bridgehead atoms. The number of aromatic nitrogens is 2. The van der Waals surface area contributed by atoms with Crippen molar-refractivity contribution in [1.29, 1.82) is 15.8 Å². The van der Waals surface area contributed by atoms with E-state index in [1.165, 1.54) is 10.8 Å². The first-order valence-electron chi connectivity index (χ1n) is 16.3. The van der Waals surface area contributed by atoms with Crippen molar-refractivity contribution in [3.8, 4) is 51.8 Å². The number of hydrogen-bond donors (Lipinski definition) is 0. The molecule has 0 fully saturated rings. The first-order valence-corrected chi connectivity index (χ1v) is 16.3. The Hall–Kier alpha value is -7.39. The lowest BCUT2D eigenvalue weighted by Gasteiger charge is -2.15. The number of fused-ring (bicyclic) bond motifs is 6. The van der Waals surface area contributed by atoms with Crippen LogP contribution in [0.4, 0.5) is 0 Å². The predicted octanol–water partition coefficient (Wildman–Crippen LogP) is 10.8. The van der Waals surface area contributed by atoms with Gasteiger partial charge in [0.2, 0.25) is 0 Å². The minimum Gasteiger partial charge on any atom is -0.309 e. The van der Waals surface area contributed by atoms with E-state index >= 15 is 0 Å². The fourth-order valence-corrected chi connectivity index (χ4v) is 7.41. The lowest BCUT2D eigenvalue weighted by atomic mass is 9.95. The highest BCUT2D eigenvalue weighted by atomic mass is 15.0. The van der Waals surface area contributed by atoms with Gasteiger partial charge in [-0.3, -0.25) is 0 Å². The van der Waals surface area contributed by atoms with Crippen molar-refractivity contribution in [2.75, 3.05) is 0 Å². The Balaban J connectivity index is 1.19. The van der Waals surface area contributed by atoms with E-state index in [1.54, 1.807) is 0 Å². The van der Waals surface area contributed by atoms with Gasteiger partial charge in [0.05, 0.1) is 62.7 Å². The van der Waals surface area contributed by atoms with E-state index in [9.17, 15) is 15.8 Å². The zero-order valence-electron chi connectivity index (χ0n) is 26.7. The Morgan fingerprint density at radius 1 is 0.380 bits per heavy atom. The smallest absolute Gasteiger partial charge is 0.0998 e. The van der Waals surface area contributed by atoms with Gasteiger partial charge in [0, 0.05) is 32.8 Å². The van der Waals surface area contributed by atoms with Gasteiger partial charge in [0.25, 0.3) is 0 Å². The number of nitrogens with zero attached hydrogens (tertiary/aromatic N) is 5. The van der Waals surface area contributed by atoms with Crippen LogP contribution in [0.2, 0.25) is 0 Å². The van der Waals surface area contributed by atoms with Crippen molar-refractivity contribution in [2.45, 2.75) is 0 Å². The molecule has 0 atom stereocenters. The third-order valence-corrected chi connectivity index (χ3v) is 9.61. The monoisotopic (exact) mass is 635 g/mol. The minimum atomic E-state index is 0.567. The summed E-state index contributed by atoms with van der Waals surface area (Å²) < 4.78 is 4.43. The average Bonchev–Trinajstić information content (AvgIpc) is 3.69. The summed E-state index contributed by atoms with van der Waals surface area (Å²) in [5, 5.41) is 34.0. The summed E-state index contributed by atoms with van der Waals surface area (Å²) in [4.78, 5) is 0. The Morgan fingerprint density at radius 3 is 1.56 bits per heavy atom. The van der Waals surface area contributed by atoms with Crippen LogP contribution in [0, 0.1) is 34.0 Å². The van der Waals surface area contributed by atoms with Gasteiger partial charge in [0.1, 0.15) is 0 Å². The van der Waals surface area contributed by atoms with Crippen molar-refractivity contribution in [1.82, 2.24) is 9.13 Å². The highest BCUT2D eigenvalue weighted by Crippen LogP contribution is 2.39. The fourth-order valence-electron chi connectivity index (χ4n) is 7.41. The topological polar surface area (TPSA) is 81.2 Å². The molecule has 0 aliphatic rings. The lowest BCUT2D eigenvalue weighted by molar-refractivity contribution is 1.18. The molecule has 50 heavy (non-hydrogen) atoms. The molecule has 0 amide bonds. The molecule has 0 N–H and O–H groups in total. The molecule has 0 aliphatic carbocycles. The minimum absolute atomic E-state index is 0.567. The number of nitriles is 3. The summed E-state index contributed by atoms with van der Waals surface area (Å²) >= 11 is 0. The van der Waals surface area contributed by atoms with Gasteiger partial charge in [0.15, 0.2) is 0 Å². The van der Waals surface area contributed by atoms with Gasteiger partial charge in [-0.05, 0) is 89.5 Å². The van der Waals surface area contributed by atoms with Gasteiger partial charge in [-0.15, -0.1) is 0 Å². The van der Waals surface area contributed by atoms with E-state index in [0.717, 1.165) is 66.5 Å².